The van der Waals surface area contributed by atoms with E-state index in [-0.39, 0.29) is 0 Å². The number of unbranched alkanes of at least 4 members (excludes halogenated alkanes) is 1. The second-order valence-corrected chi connectivity index (χ2v) is 4.50. The molecule has 0 amide bonds. The van der Waals surface area contributed by atoms with Gasteiger partial charge in [0.15, 0.2) is 0 Å². The standard InChI is InChI=1S/C17H19/c1-3-4-7-15-9-11-16(12-10-15)17-8-5-6-14(2)13-17/h5-6,8-13H,2-4,7H2,1H3. The molecule has 0 spiro atoms. The van der Waals surface area contributed by atoms with Gasteiger partial charge in [-0.25, -0.2) is 0 Å². The lowest BCUT2D eigenvalue weighted by molar-refractivity contribution is 0.795. The van der Waals surface area contributed by atoms with Gasteiger partial charge in [0.2, 0.25) is 0 Å². The van der Waals surface area contributed by atoms with Gasteiger partial charge in [0, 0.05) is 0 Å². The fraction of sp³-hybridized carbons (Fsp3) is 0.235. The van der Waals surface area contributed by atoms with E-state index in [9.17, 15) is 0 Å². The molecule has 0 unspecified atom stereocenters. The normalized spacial score (nSPS) is 10.5. The van der Waals surface area contributed by atoms with Gasteiger partial charge >= 0.3 is 0 Å². The van der Waals surface area contributed by atoms with E-state index in [1.807, 2.05) is 6.07 Å². The van der Waals surface area contributed by atoms with Crippen molar-refractivity contribution < 1.29 is 0 Å². The molecule has 0 aliphatic carbocycles. The van der Waals surface area contributed by atoms with Crippen LogP contribution in [0.5, 0.6) is 0 Å². The molecule has 17 heavy (non-hydrogen) atoms. The Labute approximate surface area is 104 Å². The van der Waals surface area contributed by atoms with Crippen molar-refractivity contribution in [3.05, 3.63) is 66.6 Å². The highest BCUT2D eigenvalue weighted by atomic mass is 14.0. The summed E-state index contributed by atoms with van der Waals surface area (Å²) in [4.78, 5) is 0. The van der Waals surface area contributed by atoms with Crippen molar-refractivity contribution in [2.75, 3.05) is 0 Å². The first kappa shape index (κ1) is 11.9. The molecule has 87 valence electrons. The molecule has 2 aromatic carbocycles. The maximum atomic E-state index is 3.96. The monoisotopic (exact) mass is 223 g/mol. The highest BCUT2D eigenvalue weighted by Crippen LogP contribution is 2.21. The zero-order valence-electron chi connectivity index (χ0n) is 10.4. The molecule has 0 aromatic heterocycles. The summed E-state index contributed by atoms with van der Waals surface area (Å²) in [6, 6.07) is 17.2. The molecule has 0 N–H and O–H groups in total. The minimum atomic E-state index is 1.07. The van der Waals surface area contributed by atoms with Crippen LogP contribution in [-0.4, -0.2) is 0 Å². The molecule has 0 aliphatic rings. The van der Waals surface area contributed by atoms with Gasteiger partial charge in [-0.05, 0) is 42.0 Å². The van der Waals surface area contributed by atoms with Crippen LogP contribution in [0.3, 0.4) is 0 Å². The molecule has 0 aliphatic heterocycles. The van der Waals surface area contributed by atoms with Gasteiger partial charge in [0.05, 0.1) is 0 Å². The first-order chi connectivity index (χ1) is 8.29. The first-order valence-electron chi connectivity index (χ1n) is 6.31. The van der Waals surface area contributed by atoms with Gasteiger partial charge in [0.25, 0.3) is 0 Å². The molecule has 1 radical (unpaired) electrons. The lowest BCUT2D eigenvalue weighted by Gasteiger charge is -2.05. The van der Waals surface area contributed by atoms with Crippen molar-refractivity contribution >= 4 is 0 Å². The number of hydrogen-bond donors (Lipinski definition) is 0. The first-order valence-corrected chi connectivity index (χ1v) is 6.31. The lowest BCUT2D eigenvalue weighted by Crippen LogP contribution is -1.85. The van der Waals surface area contributed by atoms with Gasteiger partial charge < -0.3 is 0 Å². The average Bonchev–Trinajstić information content (AvgIpc) is 2.37. The van der Waals surface area contributed by atoms with E-state index in [0.29, 0.717) is 0 Å². The third-order valence-electron chi connectivity index (χ3n) is 3.03. The van der Waals surface area contributed by atoms with Crippen molar-refractivity contribution in [3.8, 4) is 11.1 Å². The summed E-state index contributed by atoms with van der Waals surface area (Å²) in [6.45, 7) is 6.20. The maximum absolute atomic E-state index is 3.96. The molecule has 0 fully saturated rings. The lowest BCUT2D eigenvalue weighted by atomic mass is 10.0. The summed E-state index contributed by atoms with van der Waals surface area (Å²) in [5, 5.41) is 0. The number of benzene rings is 2. The van der Waals surface area contributed by atoms with Crippen molar-refractivity contribution in [2.24, 2.45) is 0 Å². The van der Waals surface area contributed by atoms with Crippen LogP contribution in [0.1, 0.15) is 30.9 Å². The summed E-state index contributed by atoms with van der Waals surface area (Å²) < 4.78 is 0. The zero-order chi connectivity index (χ0) is 12.1. The number of hydrogen-bond acceptors (Lipinski definition) is 0. The second kappa shape index (κ2) is 5.67. The number of aryl methyl sites for hydroxylation is 1. The Bertz CT molecular complexity index is 466. The van der Waals surface area contributed by atoms with Gasteiger partial charge in [-0.3, -0.25) is 0 Å². The topological polar surface area (TPSA) is 0 Å². The van der Waals surface area contributed by atoms with E-state index in [1.165, 1.54) is 36.0 Å². The average molecular weight is 223 g/mol. The van der Waals surface area contributed by atoms with Crippen molar-refractivity contribution in [1.29, 1.82) is 0 Å². The third kappa shape index (κ3) is 3.20. The summed E-state index contributed by atoms with van der Waals surface area (Å²) in [5.74, 6) is 0. The third-order valence-corrected chi connectivity index (χ3v) is 3.03. The summed E-state index contributed by atoms with van der Waals surface area (Å²) in [6.07, 6.45) is 3.71. The van der Waals surface area contributed by atoms with Gasteiger partial charge in [-0.2, -0.15) is 0 Å². The molecular formula is C17H19. The van der Waals surface area contributed by atoms with Crippen LogP contribution in [0.2, 0.25) is 0 Å². The van der Waals surface area contributed by atoms with Crippen LogP contribution in [0.4, 0.5) is 0 Å². The predicted molar refractivity (Wildman–Crippen MR) is 74.9 cm³/mol. The largest absolute Gasteiger partial charge is 0.0654 e. The molecule has 0 heteroatoms. The molecule has 0 nitrogen and oxygen atoms in total. The molecule has 0 atom stereocenters. The zero-order valence-corrected chi connectivity index (χ0v) is 10.4. The van der Waals surface area contributed by atoms with Crippen molar-refractivity contribution in [2.45, 2.75) is 26.2 Å². The van der Waals surface area contributed by atoms with Crippen LogP contribution in [0.25, 0.3) is 11.1 Å². The van der Waals surface area contributed by atoms with Crippen LogP contribution < -0.4 is 0 Å². The Balaban J connectivity index is 2.17. The van der Waals surface area contributed by atoms with Gasteiger partial charge in [0.1, 0.15) is 0 Å². The van der Waals surface area contributed by atoms with E-state index in [2.05, 4.69) is 56.3 Å². The van der Waals surface area contributed by atoms with E-state index in [4.69, 9.17) is 0 Å². The minimum Gasteiger partial charge on any atom is -0.0654 e. The van der Waals surface area contributed by atoms with Crippen LogP contribution in [0, 0.1) is 6.92 Å². The van der Waals surface area contributed by atoms with Crippen LogP contribution >= 0.6 is 0 Å². The predicted octanol–water partition coefficient (Wildman–Crippen LogP) is 4.88. The maximum Gasteiger partial charge on any atom is -0.0181 e. The SMILES string of the molecule is [CH2]c1cccc(-c2ccc(CCCC)cc2)c1. The quantitative estimate of drug-likeness (QED) is 0.693. The van der Waals surface area contributed by atoms with Crippen LogP contribution in [-0.2, 0) is 6.42 Å². The molecule has 0 saturated carbocycles. The van der Waals surface area contributed by atoms with E-state index in [1.54, 1.807) is 0 Å². The molecule has 0 bridgehead atoms. The molecule has 2 rings (SSSR count). The Morgan fingerprint density at radius 1 is 0.941 bits per heavy atom. The molecule has 2 aromatic rings. The summed E-state index contributed by atoms with van der Waals surface area (Å²) >= 11 is 0. The fourth-order valence-electron chi connectivity index (χ4n) is 2.00. The number of rotatable bonds is 4. The second-order valence-electron chi connectivity index (χ2n) is 4.50. The Morgan fingerprint density at radius 3 is 2.35 bits per heavy atom. The smallest absolute Gasteiger partial charge is 0.0181 e. The molecular weight excluding hydrogens is 204 g/mol. The van der Waals surface area contributed by atoms with E-state index >= 15 is 0 Å². The highest BCUT2D eigenvalue weighted by molar-refractivity contribution is 5.64. The fourth-order valence-corrected chi connectivity index (χ4v) is 2.00. The van der Waals surface area contributed by atoms with Crippen LogP contribution in [0.15, 0.2) is 48.5 Å². The summed E-state index contributed by atoms with van der Waals surface area (Å²) in [5.41, 5.74) is 5.02. The van der Waals surface area contributed by atoms with E-state index < -0.39 is 0 Å². The van der Waals surface area contributed by atoms with Gasteiger partial charge in [-0.15, -0.1) is 0 Å². The van der Waals surface area contributed by atoms with Crippen molar-refractivity contribution in [1.82, 2.24) is 0 Å². The molecule has 0 heterocycles. The Morgan fingerprint density at radius 2 is 1.71 bits per heavy atom. The summed E-state index contributed by atoms with van der Waals surface area (Å²) in [7, 11) is 0. The highest BCUT2D eigenvalue weighted by Gasteiger charge is 1.98. The van der Waals surface area contributed by atoms with Crippen molar-refractivity contribution in [3.63, 3.8) is 0 Å². The minimum absolute atomic E-state index is 1.07. The Hall–Kier alpha value is -1.56. The van der Waals surface area contributed by atoms with Gasteiger partial charge in [-0.1, -0.05) is 61.9 Å². The molecule has 0 saturated heterocycles. The van der Waals surface area contributed by atoms with E-state index in [0.717, 1.165) is 5.56 Å². The Kier molecular flexibility index (Phi) is 3.98.